The third-order valence-corrected chi connectivity index (χ3v) is 3.68. The summed E-state index contributed by atoms with van der Waals surface area (Å²) >= 11 is 0. The Morgan fingerprint density at radius 2 is 2.20 bits per heavy atom. The minimum Gasteiger partial charge on any atom is -0.439 e. The van der Waals surface area contributed by atoms with Gasteiger partial charge in [-0.15, -0.1) is 0 Å². The predicted molar refractivity (Wildman–Crippen MR) is 75.3 cm³/mol. The van der Waals surface area contributed by atoms with Crippen LogP contribution in [0.5, 0.6) is 11.6 Å². The average Bonchev–Trinajstić information content (AvgIpc) is 2.86. The largest absolute Gasteiger partial charge is 0.439 e. The SMILES string of the molecule is CN1CCCC1c1ccc(Oc2cccc(F)c2)nc1. The van der Waals surface area contributed by atoms with Crippen LogP contribution in [-0.2, 0) is 0 Å². The van der Waals surface area contributed by atoms with Crippen molar-refractivity contribution in [2.75, 3.05) is 13.6 Å². The summed E-state index contributed by atoms with van der Waals surface area (Å²) in [5.74, 6) is 0.634. The van der Waals surface area contributed by atoms with Crippen LogP contribution in [0.3, 0.4) is 0 Å². The maximum atomic E-state index is 13.1. The van der Waals surface area contributed by atoms with E-state index >= 15 is 0 Å². The second-order valence-corrected chi connectivity index (χ2v) is 5.13. The summed E-state index contributed by atoms with van der Waals surface area (Å²) in [7, 11) is 2.13. The molecule has 1 saturated heterocycles. The highest BCUT2D eigenvalue weighted by atomic mass is 19.1. The smallest absolute Gasteiger partial charge is 0.219 e. The van der Waals surface area contributed by atoms with Gasteiger partial charge in [0.25, 0.3) is 0 Å². The van der Waals surface area contributed by atoms with Crippen molar-refractivity contribution in [3.05, 3.63) is 54.0 Å². The van der Waals surface area contributed by atoms with Gasteiger partial charge in [-0.1, -0.05) is 12.1 Å². The molecular formula is C16H17FN2O. The van der Waals surface area contributed by atoms with Crippen LogP contribution in [0.25, 0.3) is 0 Å². The van der Waals surface area contributed by atoms with Gasteiger partial charge in [-0.3, -0.25) is 4.90 Å². The molecule has 0 bridgehead atoms. The van der Waals surface area contributed by atoms with E-state index in [1.54, 1.807) is 12.1 Å². The highest BCUT2D eigenvalue weighted by molar-refractivity contribution is 5.29. The lowest BCUT2D eigenvalue weighted by Gasteiger charge is -2.19. The third kappa shape index (κ3) is 2.80. The lowest BCUT2D eigenvalue weighted by Crippen LogP contribution is -2.17. The first-order valence-electron chi connectivity index (χ1n) is 6.82. The molecule has 1 aromatic heterocycles. The number of halogens is 1. The van der Waals surface area contributed by atoms with E-state index in [9.17, 15) is 4.39 Å². The molecule has 1 aromatic carbocycles. The summed E-state index contributed by atoms with van der Waals surface area (Å²) in [6, 6.07) is 10.4. The van der Waals surface area contributed by atoms with Gasteiger partial charge in [-0.2, -0.15) is 0 Å². The van der Waals surface area contributed by atoms with Crippen LogP contribution in [0.15, 0.2) is 42.6 Å². The normalized spacial score (nSPS) is 19.2. The van der Waals surface area contributed by atoms with Gasteiger partial charge in [-0.05, 0) is 44.1 Å². The number of nitrogens with zero attached hydrogens (tertiary/aromatic N) is 2. The average molecular weight is 272 g/mol. The molecule has 3 nitrogen and oxygen atoms in total. The van der Waals surface area contributed by atoms with Crippen molar-refractivity contribution in [1.29, 1.82) is 0 Å². The van der Waals surface area contributed by atoms with E-state index in [1.807, 2.05) is 18.3 Å². The van der Waals surface area contributed by atoms with E-state index in [0.29, 0.717) is 17.7 Å². The Bertz CT molecular complexity index is 585. The van der Waals surface area contributed by atoms with Crippen LogP contribution in [0, 0.1) is 5.82 Å². The summed E-state index contributed by atoms with van der Waals surface area (Å²) in [4.78, 5) is 6.65. The molecule has 1 atom stereocenters. The standard InChI is InChI=1S/C16H17FN2O/c1-19-9-3-6-15(19)12-7-8-16(18-11-12)20-14-5-2-4-13(17)10-14/h2,4-5,7-8,10-11,15H,3,6,9H2,1H3. The molecule has 1 unspecified atom stereocenters. The Labute approximate surface area is 118 Å². The first-order valence-corrected chi connectivity index (χ1v) is 6.82. The summed E-state index contributed by atoms with van der Waals surface area (Å²) in [6.07, 6.45) is 4.24. The van der Waals surface area contributed by atoms with Gasteiger partial charge in [0.2, 0.25) is 5.88 Å². The summed E-state index contributed by atoms with van der Waals surface area (Å²) in [5.41, 5.74) is 1.21. The van der Waals surface area contributed by atoms with Crippen LogP contribution >= 0.6 is 0 Å². The van der Waals surface area contributed by atoms with Crippen LogP contribution in [0.1, 0.15) is 24.4 Å². The number of hydrogen-bond acceptors (Lipinski definition) is 3. The number of benzene rings is 1. The van der Waals surface area contributed by atoms with Gasteiger partial charge in [0.1, 0.15) is 11.6 Å². The number of ether oxygens (including phenoxy) is 1. The molecule has 0 aliphatic carbocycles. The van der Waals surface area contributed by atoms with Gasteiger partial charge >= 0.3 is 0 Å². The van der Waals surface area contributed by atoms with E-state index in [1.165, 1.54) is 30.5 Å². The minimum atomic E-state index is -0.313. The highest BCUT2D eigenvalue weighted by Gasteiger charge is 2.22. The molecule has 2 heterocycles. The molecule has 2 aromatic rings. The third-order valence-electron chi connectivity index (χ3n) is 3.68. The molecule has 4 heteroatoms. The molecule has 0 amide bonds. The minimum absolute atomic E-state index is 0.313. The van der Waals surface area contributed by atoms with Crippen LogP contribution in [0.4, 0.5) is 4.39 Å². The molecule has 1 fully saturated rings. The van der Waals surface area contributed by atoms with Crippen molar-refractivity contribution < 1.29 is 9.13 Å². The molecule has 0 radical (unpaired) electrons. The molecule has 1 aliphatic rings. The van der Waals surface area contributed by atoms with Crippen molar-refractivity contribution in [2.24, 2.45) is 0 Å². The molecule has 20 heavy (non-hydrogen) atoms. The number of rotatable bonds is 3. The topological polar surface area (TPSA) is 25.4 Å². The van der Waals surface area contributed by atoms with E-state index in [2.05, 4.69) is 16.9 Å². The fraction of sp³-hybridized carbons (Fsp3) is 0.312. The fourth-order valence-electron chi connectivity index (χ4n) is 2.63. The first kappa shape index (κ1) is 13.1. The van der Waals surface area contributed by atoms with Gasteiger partial charge in [0.05, 0.1) is 0 Å². The quantitative estimate of drug-likeness (QED) is 0.850. The Kier molecular flexibility index (Phi) is 3.65. The molecule has 3 rings (SSSR count). The Morgan fingerprint density at radius 3 is 2.85 bits per heavy atom. The zero-order valence-electron chi connectivity index (χ0n) is 11.4. The number of likely N-dealkylation sites (tertiary alicyclic amines) is 1. The maximum absolute atomic E-state index is 13.1. The Morgan fingerprint density at radius 1 is 1.30 bits per heavy atom. The first-order chi connectivity index (χ1) is 9.72. The van der Waals surface area contributed by atoms with Crippen molar-refractivity contribution in [3.8, 4) is 11.6 Å². The van der Waals surface area contributed by atoms with E-state index in [0.717, 1.165) is 6.54 Å². The lowest BCUT2D eigenvalue weighted by molar-refractivity contribution is 0.316. The van der Waals surface area contributed by atoms with Crippen LogP contribution in [-0.4, -0.2) is 23.5 Å². The molecule has 0 N–H and O–H groups in total. The Hall–Kier alpha value is -1.94. The van der Waals surface area contributed by atoms with Crippen molar-refractivity contribution in [3.63, 3.8) is 0 Å². The van der Waals surface area contributed by atoms with Crippen LogP contribution < -0.4 is 4.74 Å². The van der Waals surface area contributed by atoms with Gasteiger partial charge in [-0.25, -0.2) is 9.37 Å². The van der Waals surface area contributed by atoms with Crippen molar-refractivity contribution in [1.82, 2.24) is 9.88 Å². The number of hydrogen-bond donors (Lipinski definition) is 0. The molecule has 1 aliphatic heterocycles. The Balaban J connectivity index is 1.73. The van der Waals surface area contributed by atoms with E-state index < -0.39 is 0 Å². The molecular weight excluding hydrogens is 255 g/mol. The molecule has 104 valence electrons. The fourth-order valence-corrected chi connectivity index (χ4v) is 2.63. The highest BCUT2D eigenvalue weighted by Crippen LogP contribution is 2.30. The van der Waals surface area contributed by atoms with E-state index in [-0.39, 0.29) is 5.82 Å². The van der Waals surface area contributed by atoms with Gasteiger partial charge in [0.15, 0.2) is 0 Å². The zero-order chi connectivity index (χ0) is 13.9. The second kappa shape index (κ2) is 5.59. The van der Waals surface area contributed by atoms with Crippen molar-refractivity contribution in [2.45, 2.75) is 18.9 Å². The number of pyridine rings is 1. The summed E-state index contributed by atoms with van der Waals surface area (Å²) in [6.45, 7) is 1.13. The summed E-state index contributed by atoms with van der Waals surface area (Å²) in [5, 5.41) is 0. The van der Waals surface area contributed by atoms with Crippen molar-refractivity contribution >= 4 is 0 Å². The van der Waals surface area contributed by atoms with Gasteiger partial charge in [0, 0.05) is 24.4 Å². The molecule has 0 saturated carbocycles. The predicted octanol–water partition coefficient (Wildman–Crippen LogP) is 3.78. The second-order valence-electron chi connectivity index (χ2n) is 5.13. The zero-order valence-corrected chi connectivity index (χ0v) is 11.4. The van der Waals surface area contributed by atoms with Crippen LogP contribution in [0.2, 0.25) is 0 Å². The monoisotopic (exact) mass is 272 g/mol. The lowest BCUT2D eigenvalue weighted by atomic mass is 10.1. The maximum Gasteiger partial charge on any atom is 0.219 e. The summed E-state index contributed by atoms with van der Waals surface area (Å²) < 4.78 is 18.6. The molecule has 0 spiro atoms. The van der Waals surface area contributed by atoms with Gasteiger partial charge < -0.3 is 4.74 Å². The number of aromatic nitrogens is 1. The van der Waals surface area contributed by atoms with E-state index in [4.69, 9.17) is 4.74 Å².